The van der Waals surface area contributed by atoms with Crippen LogP contribution in [0.1, 0.15) is 27.0 Å². The van der Waals surface area contributed by atoms with Gasteiger partial charge in [-0.2, -0.15) is 0 Å². The Balaban J connectivity index is 2.13. The van der Waals surface area contributed by atoms with E-state index in [1.807, 2.05) is 32.0 Å². The van der Waals surface area contributed by atoms with Crippen molar-refractivity contribution in [2.45, 2.75) is 20.4 Å². The summed E-state index contributed by atoms with van der Waals surface area (Å²) >= 11 is 0. The molecule has 0 aliphatic carbocycles. The number of aromatic nitrogens is 1. The van der Waals surface area contributed by atoms with Crippen LogP contribution in [0.4, 0.5) is 0 Å². The second-order valence-electron chi connectivity index (χ2n) is 5.72. The summed E-state index contributed by atoms with van der Waals surface area (Å²) in [6, 6.07) is 14.3. The van der Waals surface area contributed by atoms with Crippen LogP contribution in [0.15, 0.2) is 53.3 Å². The summed E-state index contributed by atoms with van der Waals surface area (Å²) < 4.78 is 1.74. The van der Waals surface area contributed by atoms with E-state index in [4.69, 9.17) is 5.11 Å². The highest BCUT2D eigenvalue weighted by atomic mass is 16.4. The molecular formula is C19H17NO3. The molecule has 0 aliphatic heterocycles. The number of pyridine rings is 1. The fraction of sp³-hybridized carbons (Fsp3) is 0.158. The number of rotatable bonds is 3. The molecule has 1 N–H and O–H groups in total. The Kier molecular flexibility index (Phi) is 3.74. The van der Waals surface area contributed by atoms with E-state index in [9.17, 15) is 9.59 Å². The van der Waals surface area contributed by atoms with Crippen molar-refractivity contribution in [1.29, 1.82) is 0 Å². The van der Waals surface area contributed by atoms with Gasteiger partial charge >= 0.3 is 5.97 Å². The number of nitrogens with zero attached hydrogens (tertiary/aromatic N) is 1. The smallest absolute Gasteiger partial charge is 0.335 e. The largest absolute Gasteiger partial charge is 0.478 e. The number of carboxylic acid groups (broad SMARTS) is 1. The van der Waals surface area contributed by atoms with Crippen LogP contribution in [0, 0.1) is 13.8 Å². The Morgan fingerprint density at radius 1 is 1.04 bits per heavy atom. The van der Waals surface area contributed by atoms with Gasteiger partial charge in [0.1, 0.15) is 0 Å². The number of hydrogen-bond acceptors (Lipinski definition) is 2. The van der Waals surface area contributed by atoms with Crippen molar-refractivity contribution < 1.29 is 9.90 Å². The number of aryl methyl sites for hydroxylation is 2. The first-order chi connectivity index (χ1) is 11.0. The number of hydrogen-bond donors (Lipinski definition) is 1. The Morgan fingerprint density at radius 3 is 2.39 bits per heavy atom. The quantitative estimate of drug-likeness (QED) is 0.807. The highest BCUT2D eigenvalue weighted by Crippen LogP contribution is 2.21. The number of carboxylic acids is 1. The van der Waals surface area contributed by atoms with Crippen LogP contribution in [0.2, 0.25) is 0 Å². The second-order valence-corrected chi connectivity index (χ2v) is 5.72. The van der Waals surface area contributed by atoms with Gasteiger partial charge < -0.3 is 9.67 Å². The van der Waals surface area contributed by atoms with Crippen LogP contribution in [0.3, 0.4) is 0 Å². The lowest BCUT2D eigenvalue weighted by Gasteiger charge is -2.14. The lowest BCUT2D eigenvalue weighted by molar-refractivity contribution is 0.0697. The molecule has 0 aliphatic rings. The maximum Gasteiger partial charge on any atom is 0.335 e. The summed E-state index contributed by atoms with van der Waals surface area (Å²) in [7, 11) is 0. The van der Waals surface area contributed by atoms with Crippen molar-refractivity contribution in [3.63, 3.8) is 0 Å². The number of fused-ring (bicyclic) bond motifs is 1. The zero-order chi connectivity index (χ0) is 16.6. The molecule has 4 nitrogen and oxygen atoms in total. The van der Waals surface area contributed by atoms with E-state index >= 15 is 0 Å². The maximum atomic E-state index is 12.5. The number of benzene rings is 2. The minimum atomic E-state index is -0.953. The van der Waals surface area contributed by atoms with Crippen LogP contribution in [-0.4, -0.2) is 15.6 Å². The van der Waals surface area contributed by atoms with Crippen LogP contribution in [0.25, 0.3) is 10.9 Å². The SMILES string of the molecule is Cc1cc(=O)n(Cc2ccc(C(=O)O)cc2)c2c(C)cccc12. The Labute approximate surface area is 133 Å². The summed E-state index contributed by atoms with van der Waals surface area (Å²) in [5, 5.41) is 10.0. The molecule has 0 atom stereocenters. The van der Waals surface area contributed by atoms with E-state index in [0.29, 0.717) is 6.54 Å². The molecule has 0 radical (unpaired) electrons. The van der Waals surface area contributed by atoms with Crippen molar-refractivity contribution >= 4 is 16.9 Å². The van der Waals surface area contributed by atoms with E-state index in [0.717, 1.165) is 27.6 Å². The topological polar surface area (TPSA) is 59.3 Å². The van der Waals surface area contributed by atoms with E-state index in [1.54, 1.807) is 34.9 Å². The van der Waals surface area contributed by atoms with E-state index < -0.39 is 5.97 Å². The number of aromatic carboxylic acids is 1. The molecule has 23 heavy (non-hydrogen) atoms. The van der Waals surface area contributed by atoms with Crippen LogP contribution in [-0.2, 0) is 6.54 Å². The lowest BCUT2D eigenvalue weighted by Crippen LogP contribution is -2.21. The molecular weight excluding hydrogens is 290 g/mol. The van der Waals surface area contributed by atoms with Gasteiger partial charge in [-0.1, -0.05) is 30.3 Å². The third kappa shape index (κ3) is 2.75. The van der Waals surface area contributed by atoms with E-state index in [1.165, 1.54) is 0 Å². The molecule has 1 heterocycles. The van der Waals surface area contributed by atoms with Crippen LogP contribution < -0.4 is 5.56 Å². The van der Waals surface area contributed by atoms with Gasteiger partial charge in [0.2, 0.25) is 0 Å². The first-order valence-electron chi connectivity index (χ1n) is 7.39. The third-order valence-corrected chi connectivity index (χ3v) is 4.08. The summed E-state index contributed by atoms with van der Waals surface area (Å²) in [6.45, 7) is 4.35. The maximum absolute atomic E-state index is 12.5. The second kappa shape index (κ2) is 5.72. The van der Waals surface area contributed by atoms with Gasteiger partial charge in [-0.05, 0) is 42.7 Å². The normalized spacial score (nSPS) is 10.9. The molecule has 3 rings (SSSR count). The first kappa shape index (κ1) is 15.0. The summed E-state index contributed by atoms with van der Waals surface area (Å²) in [5.41, 5.74) is 4.03. The van der Waals surface area contributed by atoms with Crippen LogP contribution >= 0.6 is 0 Å². The van der Waals surface area contributed by atoms with Crippen molar-refractivity contribution in [2.24, 2.45) is 0 Å². The third-order valence-electron chi connectivity index (χ3n) is 4.08. The lowest BCUT2D eigenvalue weighted by atomic mass is 10.1. The van der Waals surface area contributed by atoms with Gasteiger partial charge in [-0.3, -0.25) is 4.79 Å². The average molecular weight is 307 g/mol. The van der Waals surface area contributed by atoms with Crippen LogP contribution in [0.5, 0.6) is 0 Å². The Bertz CT molecular complexity index is 953. The molecule has 0 saturated carbocycles. The summed E-state index contributed by atoms with van der Waals surface area (Å²) in [4.78, 5) is 23.4. The van der Waals surface area contributed by atoms with Gasteiger partial charge in [0.25, 0.3) is 5.56 Å². The number of para-hydroxylation sites is 1. The minimum Gasteiger partial charge on any atom is -0.478 e. The monoisotopic (exact) mass is 307 g/mol. The fourth-order valence-electron chi connectivity index (χ4n) is 2.88. The zero-order valence-corrected chi connectivity index (χ0v) is 13.0. The van der Waals surface area contributed by atoms with Gasteiger partial charge in [-0.15, -0.1) is 0 Å². The molecule has 0 unspecified atom stereocenters. The van der Waals surface area contributed by atoms with E-state index in [2.05, 4.69) is 0 Å². The molecule has 4 heteroatoms. The molecule has 2 aromatic carbocycles. The molecule has 0 spiro atoms. The summed E-state index contributed by atoms with van der Waals surface area (Å²) in [5.74, 6) is -0.953. The molecule has 0 bridgehead atoms. The Morgan fingerprint density at radius 2 is 1.74 bits per heavy atom. The molecule has 0 fully saturated rings. The van der Waals surface area contributed by atoms with Gasteiger partial charge in [-0.25, -0.2) is 4.79 Å². The highest BCUT2D eigenvalue weighted by Gasteiger charge is 2.09. The van der Waals surface area contributed by atoms with E-state index in [-0.39, 0.29) is 11.1 Å². The standard InChI is InChI=1S/C19H17NO3/c1-12-4-3-5-16-13(2)10-17(21)20(18(12)16)11-14-6-8-15(9-7-14)19(22)23/h3-10H,11H2,1-2H3,(H,22,23). The van der Waals surface area contributed by atoms with Gasteiger partial charge in [0.05, 0.1) is 17.6 Å². The molecule has 3 aromatic rings. The van der Waals surface area contributed by atoms with Crippen molar-refractivity contribution in [2.75, 3.05) is 0 Å². The molecule has 0 amide bonds. The molecule has 116 valence electrons. The van der Waals surface area contributed by atoms with Crippen molar-refractivity contribution in [1.82, 2.24) is 4.57 Å². The van der Waals surface area contributed by atoms with Crippen molar-refractivity contribution in [3.8, 4) is 0 Å². The summed E-state index contributed by atoms with van der Waals surface area (Å²) in [6.07, 6.45) is 0. The minimum absolute atomic E-state index is 0.0494. The Hall–Kier alpha value is -2.88. The average Bonchev–Trinajstić information content (AvgIpc) is 2.52. The van der Waals surface area contributed by atoms with Gasteiger partial charge in [0.15, 0.2) is 0 Å². The first-order valence-corrected chi connectivity index (χ1v) is 7.39. The molecule has 0 saturated heterocycles. The fourth-order valence-corrected chi connectivity index (χ4v) is 2.88. The number of carbonyl (C=O) groups is 1. The zero-order valence-electron chi connectivity index (χ0n) is 13.0. The predicted molar refractivity (Wildman–Crippen MR) is 90.2 cm³/mol. The van der Waals surface area contributed by atoms with Gasteiger partial charge in [0, 0.05) is 11.5 Å². The predicted octanol–water partition coefficient (Wildman–Crippen LogP) is 3.36. The highest BCUT2D eigenvalue weighted by molar-refractivity contribution is 5.87. The van der Waals surface area contributed by atoms with Crippen molar-refractivity contribution in [3.05, 3.63) is 81.1 Å². The molecule has 1 aromatic heterocycles.